The molecular formula is C22H25N. The van der Waals surface area contributed by atoms with E-state index in [1.807, 2.05) is 0 Å². The third-order valence-corrected chi connectivity index (χ3v) is 5.41. The van der Waals surface area contributed by atoms with E-state index in [0.717, 1.165) is 6.42 Å². The monoisotopic (exact) mass is 303 g/mol. The summed E-state index contributed by atoms with van der Waals surface area (Å²) in [7, 11) is 2.21. The van der Waals surface area contributed by atoms with Gasteiger partial charge in [-0.3, -0.25) is 0 Å². The van der Waals surface area contributed by atoms with Crippen LogP contribution in [0.1, 0.15) is 61.8 Å². The molecule has 0 spiro atoms. The zero-order valence-electron chi connectivity index (χ0n) is 14.8. The van der Waals surface area contributed by atoms with Crippen LogP contribution in [0.4, 0.5) is 0 Å². The summed E-state index contributed by atoms with van der Waals surface area (Å²) >= 11 is 0. The molecule has 1 nitrogen and oxygen atoms in total. The van der Waals surface area contributed by atoms with Crippen molar-refractivity contribution in [3.05, 3.63) is 58.7 Å². The van der Waals surface area contributed by atoms with E-state index in [1.54, 1.807) is 0 Å². The number of hydrogen-bond donors (Lipinski definition) is 0. The van der Waals surface area contributed by atoms with Gasteiger partial charge in [-0.1, -0.05) is 52.0 Å². The molecule has 0 aliphatic heterocycles. The van der Waals surface area contributed by atoms with E-state index >= 15 is 0 Å². The largest absolute Gasteiger partial charge is 0.343 e. The maximum Gasteiger partial charge on any atom is 0.0527 e. The van der Waals surface area contributed by atoms with Crippen molar-refractivity contribution in [2.24, 2.45) is 7.05 Å². The van der Waals surface area contributed by atoms with Gasteiger partial charge in [0.15, 0.2) is 0 Å². The second-order valence-electron chi connectivity index (χ2n) is 7.57. The van der Waals surface area contributed by atoms with Crippen molar-refractivity contribution in [1.82, 2.24) is 4.57 Å². The highest BCUT2D eigenvalue weighted by atomic mass is 15.0. The third kappa shape index (κ3) is 2.06. The Labute approximate surface area is 139 Å². The van der Waals surface area contributed by atoms with Gasteiger partial charge in [0.2, 0.25) is 0 Å². The van der Waals surface area contributed by atoms with E-state index in [1.165, 1.54) is 44.4 Å². The van der Waals surface area contributed by atoms with Crippen LogP contribution in [0.15, 0.2) is 36.4 Å². The number of fused-ring (bicyclic) bond motifs is 5. The first-order chi connectivity index (χ1) is 11.0. The van der Waals surface area contributed by atoms with Crippen LogP contribution in [-0.4, -0.2) is 4.57 Å². The number of aryl methyl sites for hydroxylation is 1. The Morgan fingerprint density at radius 2 is 1.52 bits per heavy atom. The Morgan fingerprint density at radius 3 is 2.22 bits per heavy atom. The normalized spacial score (nSPS) is 13.2. The molecule has 0 amide bonds. The Morgan fingerprint density at radius 1 is 0.870 bits per heavy atom. The minimum Gasteiger partial charge on any atom is -0.343 e. The fourth-order valence-electron chi connectivity index (χ4n) is 3.96. The van der Waals surface area contributed by atoms with Gasteiger partial charge in [-0.25, -0.2) is 0 Å². The van der Waals surface area contributed by atoms with Crippen LogP contribution in [0, 0.1) is 0 Å². The van der Waals surface area contributed by atoms with Crippen molar-refractivity contribution >= 4 is 10.9 Å². The molecule has 2 aromatic carbocycles. The van der Waals surface area contributed by atoms with Crippen LogP contribution >= 0.6 is 0 Å². The molecule has 0 bridgehead atoms. The standard InChI is InChI=1S/C22H25N/c1-13(2)15-6-8-18-17(10-15)12-20-19-11-16(14(3)4)7-9-21(19)23(5)22(18)20/h6-11,13-14H,12H2,1-5H3. The average Bonchev–Trinajstić information content (AvgIpc) is 3.02. The lowest BCUT2D eigenvalue weighted by molar-refractivity contribution is 0.864. The van der Waals surface area contributed by atoms with E-state index in [2.05, 4.69) is 75.7 Å². The zero-order chi connectivity index (χ0) is 16.3. The van der Waals surface area contributed by atoms with Gasteiger partial charge in [0, 0.05) is 29.9 Å². The summed E-state index contributed by atoms with van der Waals surface area (Å²) in [6, 6.07) is 14.0. The summed E-state index contributed by atoms with van der Waals surface area (Å²) in [5.74, 6) is 1.17. The Hall–Kier alpha value is -2.02. The van der Waals surface area contributed by atoms with Crippen molar-refractivity contribution in [1.29, 1.82) is 0 Å². The van der Waals surface area contributed by atoms with Crippen LogP contribution in [-0.2, 0) is 13.5 Å². The molecule has 1 heterocycles. The Balaban J connectivity index is 1.94. The van der Waals surface area contributed by atoms with Crippen LogP contribution < -0.4 is 0 Å². The molecular weight excluding hydrogens is 278 g/mol. The first-order valence-electron chi connectivity index (χ1n) is 8.71. The minimum absolute atomic E-state index is 0.576. The molecule has 0 saturated carbocycles. The second kappa shape index (κ2) is 4.99. The van der Waals surface area contributed by atoms with Gasteiger partial charge in [-0.15, -0.1) is 0 Å². The molecule has 0 radical (unpaired) electrons. The molecule has 1 aliphatic carbocycles. The SMILES string of the molecule is CC(C)c1ccc2c(c1)Cc1c-2n(C)c2ccc(C(C)C)cc12. The highest BCUT2D eigenvalue weighted by Crippen LogP contribution is 2.43. The molecule has 3 aromatic rings. The summed E-state index contributed by atoms with van der Waals surface area (Å²) in [4.78, 5) is 0. The third-order valence-electron chi connectivity index (χ3n) is 5.41. The molecule has 0 atom stereocenters. The maximum absolute atomic E-state index is 2.41. The molecule has 0 unspecified atom stereocenters. The number of hydrogen-bond acceptors (Lipinski definition) is 0. The van der Waals surface area contributed by atoms with E-state index < -0.39 is 0 Å². The number of rotatable bonds is 2. The lowest BCUT2D eigenvalue weighted by atomic mass is 9.97. The van der Waals surface area contributed by atoms with Gasteiger partial charge in [-0.2, -0.15) is 0 Å². The molecule has 4 rings (SSSR count). The van der Waals surface area contributed by atoms with Crippen LogP contribution in [0.3, 0.4) is 0 Å². The van der Waals surface area contributed by atoms with Gasteiger partial charge in [-0.05, 0) is 46.2 Å². The Bertz CT molecular complexity index is 909. The Kier molecular flexibility index (Phi) is 3.16. The van der Waals surface area contributed by atoms with Crippen molar-refractivity contribution in [3.63, 3.8) is 0 Å². The fourth-order valence-corrected chi connectivity index (χ4v) is 3.96. The van der Waals surface area contributed by atoms with E-state index in [-0.39, 0.29) is 0 Å². The maximum atomic E-state index is 2.41. The van der Waals surface area contributed by atoms with Gasteiger partial charge in [0.25, 0.3) is 0 Å². The van der Waals surface area contributed by atoms with Crippen LogP contribution in [0.5, 0.6) is 0 Å². The topological polar surface area (TPSA) is 4.93 Å². The quantitative estimate of drug-likeness (QED) is 0.428. The predicted molar refractivity (Wildman–Crippen MR) is 99.3 cm³/mol. The highest BCUT2D eigenvalue weighted by molar-refractivity contribution is 5.95. The molecule has 1 aromatic heterocycles. The predicted octanol–water partition coefficient (Wildman–Crippen LogP) is 6.00. The summed E-state index contributed by atoms with van der Waals surface area (Å²) < 4.78 is 2.38. The molecule has 118 valence electrons. The first kappa shape index (κ1) is 14.6. The molecule has 0 N–H and O–H groups in total. The van der Waals surface area contributed by atoms with Crippen LogP contribution in [0.25, 0.3) is 22.2 Å². The number of benzene rings is 2. The average molecular weight is 303 g/mol. The molecule has 1 heteroatoms. The molecule has 0 fully saturated rings. The van der Waals surface area contributed by atoms with E-state index in [4.69, 9.17) is 0 Å². The van der Waals surface area contributed by atoms with Gasteiger partial charge >= 0.3 is 0 Å². The van der Waals surface area contributed by atoms with Gasteiger partial charge in [0.1, 0.15) is 0 Å². The highest BCUT2D eigenvalue weighted by Gasteiger charge is 2.26. The summed E-state index contributed by atoms with van der Waals surface area (Å²) in [5, 5.41) is 1.44. The van der Waals surface area contributed by atoms with E-state index in [9.17, 15) is 0 Å². The number of nitrogens with zero attached hydrogens (tertiary/aromatic N) is 1. The fraction of sp³-hybridized carbons (Fsp3) is 0.364. The van der Waals surface area contributed by atoms with E-state index in [0.29, 0.717) is 11.8 Å². The molecule has 0 saturated heterocycles. The first-order valence-corrected chi connectivity index (χ1v) is 8.71. The smallest absolute Gasteiger partial charge is 0.0527 e. The van der Waals surface area contributed by atoms with Crippen molar-refractivity contribution in [2.45, 2.75) is 46.0 Å². The van der Waals surface area contributed by atoms with Crippen molar-refractivity contribution in [3.8, 4) is 11.3 Å². The van der Waals surface area contributed by atoms with Crippen molar-refractivity contribution in [2.75, 3.05) is 0 Å². The zero-order valence-corrected chi connectivity index (χ0v) is 14.8. The lowest BCUT2D eigenvalue weighted by Crippen LogP contribution is -1.94. The number of aromatic nitrogens is 1. The second-order valence-corrected chi connectivity index (χ2v) is 7.57. The molecule has 1 aliphatic rings. The van der Waals surface area contributed by atoms with Gasteiger partial charge in [0.05, 0.1) is 5.69 Å². The molecule has 23 heavy (non-hydrogen) atoms. The van der Waals surface area contributed by atoms with Crippen molar-refractivity contribution < 1.29 is 0 Å². The summed E-state index contributed by atoms with van der Waals surface area (Å²) in [6.07, 6.45) is 1.07. The summed E-state index contributed by atoms with van der Waals surface area (Å²) in [5.41, 5.74) is 10.1. The lowest BCUT2D eigenvalue weighted by Gasteiger charge is -2.10. The van der Waals surface area contributed by atoms with Crippen LogP contribution in [0.2, 0.25) is 0 Å². The summed E-state index contributed by atoms with van der Waals surface area (Å²) in [6.45, 7) is 9.09. The van der Waals surface area contributed by atoms with Gasteiger partial charge < -0.3 is 4.57 Å². The minimum atomic E-state index is 0.576.